The number of nitrogens with one attached hydrogen (secondary N) is 1. The molecule has 0 spiro atoms. The van der Waals surface area contributed by atoms with Crippen LogP contribution in [-0.2, 0) is 19.4 Å². The quantitative estimate of drug-likeness (QED) is 0.826. The monoisotopic (exact) mass is 305 g/mol. The number of aryl methyl sites for hydroxylation is 1. The second-order valence-corrected chi connectivity index (χ2v) is 7.34. The maximum atomic E-state index is 11.7. The zero-order valence-corrected chi connectivity index (χ0v) is 12.5. The van der Waals surface area contributed by atoms with Gasteiger partial charge >= 0.3 is 5.97 Å². The molecule has 19 heavy (non-hydrogen) atoms. The number of sulfone groups is 1. The number of rotatable bonds is 5. The number of anilines is 1. The van der Waals surface area contributed by atoms with Gasteiger partial charge in [-0.05, 0) is 19.9 Å². The fraction of sp³-hybridized carbons (Fsp3) is 0.455. The van der Waals surface area contributed by atoms with Crippen LogP contribution in [0.3, 0.4) is 0 Å². The van der Waals surface area contributed by atoms with E-state index in [-0.39, 0.29) is 12.2 Å². The number of carbonyl (C=O) groups is 2. The molecule has 1 rings (SSSR count). The molecule has 1 heterocycles. The van der Waals surface area contributed by atoms with Gasteiger partial charge < -0.3 is 10.1 Å². The minimum atomic E-state index is -3.40. The van der Waals surface area contributed by atoms with Crippen molar-refractivity contribution in [2.75, 3.05) is 23.9 Å². The SMILES string of the molecule is CCOC(=O)c1cc(C)sc1NC(=O)CS(C)(=O)=O. The highest BCUT2D eigenvalue weighted by Gasteiger charge is 2.19. The maximum absolute atomic E-state index is 11.7. The van der Waals surface area contributed by atoms with Crippen LogP contribution >= 0.6 is 11.3 Å². The van der Waals surface area contributed by atoms with Crippen molar-refractivity contribution in [3.8, 4) is 0 Å². The normalized spacial score (nSPS) is 11.1. The van der Waals surface area contributed by atoms with E-state index in [4.69, 9.17) is 4.74 Å². The average molecular weight is 305 g/mol. The fourth-order valence-electron chi connectivity index (χ4n) is 1.37. The summed E-state index contributed by atoms with van der Waals surface area (Å²) in [5, 5.41) is 2.74. The molecule has 1 aromatic heterocycles. The molecular weight excluding hydrogens is 290 g/mol. The van der Waals surface area contributed by atoms with Gasteiger partial charge in [0, 0.05) is 11.1 Å². The second kappa shape index (κ2) is 6.16. The average Bonchev–Trinajstić information content (AvgIpc) is 2.56. The molecule has 8 heteroatoms. The van der Waals surface area contributed by atoms with Crippen molar-refractivity contribution in [1.82, 2.24) is 0 Å². The van der Waals surface area contributed by atoms with E-state index in [1.54, 1.807) is 19.9 Å². The Balaban J connectivity index is 2.89. The van der Waals surface area contributed by atoms with Crippen molar-refractivity contribution < 1.29 is 22.7 Å². The van der Waals surface area contributed by atoms with Gasteiger partial charge in [-0.25, -0.2) is 13.2 Å². The molecule has 0 radical (unpaired) electrons. The Labute approximate surface area is 115 Å². The molecule has 1 amide bonds. The predicted octanol–water partition coefficient (Wildman–Crippen LogP) is 1.22. The first-order chi connectivity index (χ1) is 8.73. The van der Waals surface area contributed by atoms with E-state index in [1.807, 2.05) is 0 Å². The standard InChI is InChI=1S/C11H15NO5S2/c1-4-17-11(14)8-5-7(2)18-10(8)12-9(13)6-19(3,15)16/h5H,4,6H2,1-3H3,(H,12,13). The van der Waals surface area contributed by atoms with Gasteiger partial charge in [-0.2, -0.15) is 0 Å². The molecule has 1 aromatic rings. The smallest absolute Gasteiger partial charge is 0.341 e. The van der Waals surface area contributed by atoms with Gasteiger partial charge in [0.2, 0.25) is 5.91 Å². The van der Waals surface area contributed by atoms with Crippen LogP contribution in [0.25, 0.3) is 0 Å². The molecule has 0 saturated heterocycles. The molecular formula is C11H15NO5S2. The minimum absolute atomic E-state index is 0.227. The lowest BCUT2D eigenvalue weighted by atomic mass is 10.3. The zero-order valence-electron chi connectivity index (χ0n) is 10.8. The van der Waals surface area contributed by atoms with E-state index in [0.717, 1.165) is 11.1 Å². The molecule has 106 valence electrons. The van der Waals surface area contributed by atoms with Crippen LogP contribution in [0.4, 0.5) is 5.00 Å². The highest BCUT2D eigenvalue weighted by atomic mass is 32.2. The summed E-state index contributed by atoms with van der Waals surface area (Å²) < 4.78 is 26.9. The molecule has 0 saturated carbocycles. The maximum Gasteiger partial charge on any atom is 0.341 e. The first kappa shape index (κ1) is 15.6. The van der Waals surface area contributed by atoms with Gasteiger partial charge in [-0.1, -0.05) is 0 Å². The van der Waals surface area contributed by atoms with Gasteiger partial charge in [0.15, 0.2) is 9.84 Å². The summed E-state index contributed by atoms with van der Waals surface area (Å²) in [5.74, 6) is -1.83. The molecule has 0 aliphatic carbocycles. The Kier molecular flexibility index (Phi) is 5.07. The Hall–Kier alpha value is -1.41. The summed E-state index contributed by atoms with van der Waals surface area (Å²) in [6.07, 6.45) is 0.971. The summed E-state index contributed by atoms with van der Waals surface area (Å²) in [4.78, 5) is 24.0. The zero-order chi connectivity index (χ0) is 14.6. The van der Waals surface area contributed by atoms with Crippen LogP contribution in [0.2, 0.25) is 0 Å². The Morgan fingerprint density at radius 1 is 1.42 bits per heavy atom. The van der Waals surface area contributed by atoms with Crippen molar-refractivity contribution in [3.63, 3.8) is 0 Å². The van der Waals surface area contributed by atoms with Crippen molar-refractivity contribution in [2.45, 2.75) is 13.8 Å². The van der Waals surface area contributed by atoms with E-state index in [2.05, 4.69) is 5.32 Å². The second-order valence-electron chi connectivity index (χ2n) is 3.94. The summed E-state index contributed by atoms with van der Waals surface area (Å²) in [6.45, 7) is 3.68. The van der Waals surface area contributed by atoms with Crippen LogP contribution in [0.1, 0.15) is 22.2 Å². The number of hydrogen-bond donors (Lipinski definition) is 1. The number of hydrogen-bond acceptors (Lipinski definition) is 6. The minimum Gasteiger partial charge on any atom is -0.462 e. The number of amides is 1. The number of ether oxygens (including phenoxy) is 1. The van der Waals surface area contributed by atoms with E-state index >= 15 is 0 Å². The third-order valence-electron chi connectivity index (χ3n) is 2.00. The highest BCUT2D eigenvalue weighted by molar-refractivity contribution is 7.91. The molecule has 0 aliphatic heterocycles. The van der Waals surface area contributed by atoms with E-state index in [9.17, 15) is 18.0 Å². The van der Waals surface area contributed by atoms with E-state index in [0.29, 0.717) is 5.00 Å². The summed E-state index contributed by atoms with van der Waals surface area (Å²) >= 11 is 1.20. The summed E-state index contributed by atoms with van der Waals surface area (Å²) in [6, 6.07) is 1.60. The lowest BCUT2D eigenvalue weighted by Crippen LogP contribution is -2.22. The van der Waals surface area contributed by atoms with E-state index in [1.165, 1.54) is 11.3 Å². The third-order valence-corrected chi connectivity index (χ3v) is 3.75. The first-order valence-corrected chi connectivity index (χ1v) is 8.35. The summed E-state index contributed by atoms with van der Waals surface area (Å²) in [7, 11) is -3.40. The van der Waals surface area contributed by atoms with Gasteiger partial charge in [-0.3, -0.25) is 4.79 Å². The van der Waals surface area contributed by atoms with Crippen molar-refractivity contribution >= 4 is 38.1 Å². The first-order valence-electron chi connectivity index (χ1n) is 5.48. The lowest BCUT2D eigenvalue weighted by Gasteiger charge is -2.05. The van der Waals surface area contributed by atoms with Crippen molar-refractivity contribution in [1.29, 1.82) is 0 Å². The largest absolute Gasteiger partial charge is 0.462 e. The topological polar surface area (TPSA) is 89.5 Å². The predicted molar refractivity (Wildman–Crippen MR) is 73.4 cm³/mol. The molecule has 0 atom stereocenters. The van der Waals surface area contributed by atoms with Crippen molar-refractivity contribution in [2.24, 2.45) is 0 Å². The van der Waals surface area contributed by atoms with Crippen LogP contribution in [0.15, 0.2) is 6.07 Å². The van der Waals surface area contributed by atoms with Crippen molar-refractivity contribution in [3.05, 3.63) is 16.5 Å². The van der Waals surface area contributed by atoms with Crippen LogP contribution in [-0.4, -0.2) is 38.9 Å². The van der Waals surface area contributed by atoms with Gasteiger partial charge in [0.05, 0.1) is 12.2 Å². The van der Waals surface area contributed by atoms with E-state index < -0.39 is 27.5 Å². The Morgan fingerprint density at radius 3 is 2.58 bits per heavy atom. The molecule has 0 bridgehead atoms. The highest BCUT2D eigenvalue weighted by Crippen LogP contribution is 2.28. The van der Waals surface area contributed by atoms with Crippen LogP contribution in [0.5, 0.6) is 0 Å². The number of thiophene rings is 1. The van der Waals surface area contributed by atoms with Gasteiger partial charge in [-0.15, -0.1) is 11.3 Å². The molecule has 0 aromatic carbocycles. The Morgan fingerprint density at radius 2 is 2.05 bits per heavy atom. The Bertz CT molecular complexity index is 588. The molecule has 6 nitrogen and oxygen atoms in total. The fourth-order valence-corrected chi connectivity index (χ4v) is 2.83. The van der Waals surface area contributed by atoms with Gasteiger partial charge in [0.25, 0.3) is 0 Å². The molecule has 0 fully saturated rings. The number of esters is 1. The lowest BCUT2D eigenvalue weighted by molar-refractivity contribution is -0.113. The van der Waals surface area contributed by atoms with Crippen LogP contribution in [0, 0.1) is 6.92 Å². The molecule has 1 N–H and O–H groups in total. The summed E-state index contributed by atoms with van der Waals surface area (Å²) in [5.41, 5.74) is 0.242. The van der Waals surface area contributed by atoms with Gasteiger partial charge in [0.1, 0.15) is 10.8 Å². The number of carbonyl (C=O) groups excluding carboxylic acids is 2. The van der Waals surface area contributed by atoms with Crippen LogP contribution < -0.4 is 5.32 Å². The molecule has 0 aliphatic rings. The molecule has 0 unspecified atom stereocenters. The third kappa shape index (κ3) is 4.99.